The quantitative estimate of drug-likeness (QED) is 0.812. The van der Waals surface area contributed by atoms with Crippen LogP contribution in [0.4, 0.5) is 0 Å². The first-order valence-corrected chi connectivity index (χ1v) is 7.29. The van der Waals surface area contributed by atoms with Crippen molar-refractivity contribution in [2.45, 2.75) is 17.9 Å². The minimum Gasteiger partial charge on any atom is -0.392 e. The zero-order valence-electron chi connectivity index (χ0n) is 10.9. The van der Waals surface area contributed by atoms with Gasteiger partial charge in [0, 0.05) is 25.1 Å². The van der Waals surface area contributed by atoms with Gasteiger partial charge in [-0.15, -0.1) is 0 Å². The average Bonchev–Trinajstić information content (AvgIpc) is 2.36. The molecule has 0 saturated heterocycles. The van der Waals surface area contributed by atoms with Gasteiger partial charge in [-0.3, -0.25) is 4.79 Å². The van der Waals surface area contributed by atoms with E-state index in [1.807, 2.05) is 0 Å². The van der Waals surface area contributed by atoms with E-state index >= 15 is 0 Å². The van der Waals surface area contributed by atoms with Gasteiger partial charge in [0.2, 0.25) is 5.91 Å². The Balaban J connectivity index is 2.79. The number of aliphatic hydroxyl groups excluding tert-OH is 1. The minimum atomic E-state index is -3.61. The summed E-state index contributed by atoms with van der Waals surface area (Å²) in [5.74, 6) is -0.472. The first-order valence-electron chi connectivity index (χ1n) is 5.74. The van der Waals surface area contributed by atoms with Crippen LogP contribution in [0.3, 0.4) is 0 Å². The van der Waals surface area contributed by atoms with Gasteiger partial charge in [0.15, 0.2) is 9.84 Å². The fourth-order valence-corrected chi connectivity index (χ4v) is 2.44. The zero-order chi connectivity index (χ0) is 14.5. The number of aliphatic hydroxyl groups is 1. The summed E-state index contributed by atoms with van der Waals surface area (Å²) in [6, 6.07) is 7.86. The van der Waals surface area contributed by atoms with Gasteiger partial charge >= 0.3 is 0 Å². The van der Waals surface area contributed by atoms with E-state index < -0.39 is 21.8 Å². The SMILES string of the molecule is CC(O)CN(C)C(=O)C=CS(=O)(=O)c1ccccc1. The van der Waals surface area contributed by atoms with E-state index in [0.29, 0.717) is 0 Å². The summed E-state index contributed by atoms with van der Waals surface area (Å²) < 4.78 is 23.7. The number of benzene rings is 1. The van der Waals surface area contributed by atoms with Gasteiger partial charge < -0.3 is 10.0 Å². The van der Waals surface area contributed by atoms with E-state index in [4.69, 9.17) is 5.11 Å². The number of nitrogens with zero attached hydrogens (tertiary/aromatic N) is 1. The number of rotatable bonds is 5. The first-order chi connectivity index (χ1) is 8.83. The van der Waals surface area contributed by atoms with Crippen molar-refractivity contribution < 1.29 is 18.3 Å². The van der Waals surface area contributed by atoms with Gasteiger partial charge in [0.1, 0.15) is 0 Å². The van der Waals surface area contributed by atoms with Crippen molar-refractivity contribution in [2.24, 2.45) is 0 Å². The van der Waals surface area contributed by atoms with Gasteiger partial charge in [0.25, 0.3) is 0 Å². The Labute approximate surface area is 113 Å². The van der Waals surface area contributed by atoms with Crippen LogP contribution in [0.5, 0.6) is 0 Å². The third kappa shape index (κ3) is 4.84. The molecule has 1 aromatic carbocycles. The summed E-state index contributed by atoms with van der Waals surface area (Å²) in [6.45, 7) is 1.70. The highest BCUT2D eigenvalue weighted by Crippen LogP contribution is 2.11. The normalized spacial score (nSPS) is 13.4. The third-order valence-corrected chi connectivity index (χ3v) is 3.80. The molecular formula is C13H17NO4S. The third-order valence-electron chi connectivity index (χ3n) is 2.38. The van der Waals surface area contributed by atoms with Crippen LogP contribution in [0.2, 0.25) is 0 Å². The minimum absolute atomic E-state index is 0.136. The van der Waals surface area contributed by atoms with Crippen LogP contribution in [-0.4, -0.2) is 44.0 Å². The molecule has 0 heterocycles. The molecule has 19 heavy (non-hydrogen) atoms. The van der Waals surface area contributed by atoms with Crippen LogP contribution in [-0.2, 0) is 14.6 Å². The van der Waals surface area contributed by atoms with E-state index in [-0.39, 0.29) is 11.4 Å². The van der Waals surface area contributed by atoms with Crippen LogP contribution >= 0.6 is 0 Å². The number of likely N-dealkylation sites (N-methyl/N-ethyl adjacent to an activating group) is 1. The smallest absolute Gasteiger partial charge is 0.247 e. The molecule has 0 aliphatic heterocycles. The van der Waals surface area contributed by atoms with Crippen molar-refractivity contribution in [3.05, 3.63) is 41.8 Å². The fourth-order valence-electron chi connectivity index (χ4n) is 1.45. The van der Waals surface area contributed by atoms with E-state index in [0.717, 1.165) is 11.5 Å². The Morgan fingerprint density at radius 2 is 1.95 bits per heavy atom. The summed E-state index contributed by atoms with van der Waals surface area (Å²) >= 11 is 0. The van der Waals surface area contributed by atoms with Crippen LogP contribution in [0, 0.1) is 0 Å². The Morgan fingerprint density at radius 1 is 1.37 bits per heavy atom. The van der Waals surface area contributed by atoms with Gasteiger partial charge in [-0.2, -0.15) is 0 Å². The van der Waals surface area contributed by atoms with Crippen molar-refractivity contribution in [1.29, 1.82) is 0 Å². The van der Waals surface area contributed by atoms with Crippen molar-refractivity contribution in [3.8, 4) is 0 Å². The number of carbonyl (C=O) groups is 1. The number of amides is 1. The van der Waals surface area contributed by atoms with Gasteiger partial charge in [-0.05, 0) is 19.1 Å². The molecule has 1 rings (SSSR count). The fraction of sp³-hybridized carbons (Fsp3) is 0.308. The predicted octanol–water partition coefficient (Wildman–Crippen LogP) is 0.813. The zero-order valence-corrected chi connectivity index (χ0v) is 11.7. The Bertz CT molecular complexity index is 549. The summed E-state index contributed by atoms with van der Waals surface area (Å²) in [7, 11) is -2.11. The van der Waals surface area contributed by atoms with E-state index in [1.165, 1.54) is 24.1 Å². The largest absolute Gasteiger partial charge is 0.392 e. The molecule has 0 fully saturated rings. The lowest BCUT2D eigenvalue weighted by atomic mass is 10.3. The van der Waals surface area contributed by atoms with Crippen molar-refractivity contribution >= 4 is 15.7 Å². The Kier molecular flexibility index (Phi) is 5.26. The summed E-state index contributed by atoms with van der Waals surface area (Å²) in [4.78, 5) is 13.0. The number of sulfone groups is 1. The van der Waals surface area contributed by atoms with Crippen molar-refractivity contribution in [3.63, 3.8) is 0 Å². The maximum Gasteiger partial charge on any atom is 0.247 e. The molecule has 0 saturated carbocycles. The lowest BCUT2D eigenvalue weighted by Crippen LogP contribution is -2.31. The molecule has 1 N–H and O–H groups in total. The molecule has 0 aromatic heterocycles. The molecule has 1 atom stereocenters. The highest BCUT2D eigenvalue weighted by molar-refractivity contribution is 7.94. The summed E-state index contributed by atoms with van der Waals surface area (Å²) in [5, 5.41) is 10.0. The standard InChI is InChI=1S/C13H17NO4S/c1-11(15)10-14(2)13(16)8-9-19(17,18)12-6-4-3-5-7-12/h3-9,11,15H,10H2,1-2H3. The van der Waals surface area contributed by atoms with E-state index in [9.17, 15) is 13.2 Å². The average molecular weight is 283 g/mol. The molecular weight excluding hydrogens is 266 g/mol. The molecule has 0 aliphatic carbocycles. The Hall–Kier alpha value is -1.66. The predicted molar refractivity (Wildman–Crippen MR) is 72.1 cm³/mol. The van der Waals surface area contributed by atoms with Gasteiger partial charge in [-0.25, -0.2) is 8.42 Å². The maximum absolute atomic E-state index is 11.9. The van der Waals surface area contributed by atoms with E-state index in [1.54, 1.807) is 25.1 Å². The second-order valence-corrected chi connectivity index (χ2v) is 6.06. The lowest BCUT2D eigenvalue weighted by molar-refractivity contribution is -0.125. The molecule has 0 radical (unpaired) electrons. The van der Waals surface area contributed by atoms with Crippen LogP contribution < -0.4 is 0 Å². The highest BCUT2D eigenvalue weighted by Gasteiger charge is 2.12. The van der Waals surface area contributed by atoms with Crippen molar-refractivity contribution in [2.75, 3.05) is 13.6 Å². The van der Waals surface area contributed by atoms with Crippen LogP contribution in [0.15, 0.2) is 46.7 Å². The van der Waals surface area contributed by atoms with E-state index in [2.05, 4.69) is 0 Å². The first kappa shape index (κ1) is 15.4. The lowest BCUT2D eigenvalue weighted by Gasteiger charge is -2.16. The van der Waals surface area contributed by atoms with Gasteiger partial charge in [-0.1, -0.05) is 18.2 Å². The second-order valence-electron chi connectivity index (χ2n) is 4.23. The second kappa shape index (κ2) is 6.49. The van der Waals surface area contributed by atoms with Crippen molar-refractivity contribution in [1.82, 2.24) is 4.90 Å². The molecule has 1 amide bonds. The number of carbonyl (C=O) groups excluding carboxylic acids is 1. The molecule has 1 aromatic rings. The topological polar surface area (TPSA) is 74.7 Å². The molecule has 5 nitrogen and oxygen atoms in total. The maximum atomic E-state index is 11.9. The molecule has 6 heteroatoms. The van der Waals surface area contributed by atoms with Crippen LogP contribution in [0.1, 0.15) is 6.92 Å². The molecule has 1 unspecified atom stereocenters. The molecule has 0 aliphatic rings. The Morgan fingerprint density at radius 3 is 2.47 bits per heavy atom. The molecule has 0 spiro atoms. The monoisotopic (exact) mass is 283 g/mol. The summed E-state index contributed by atoms with van der Waals surface area (Å²) in [5.41, 5.74) is 0. The van der Waals surface area contributed by atoms with Gasteiger partial charge in [0.05, 0.1) is 11.0 Å². The summed E-state index contributed by atoms with van der Waals surface area (Å²) in [6.07, 6.45) is 0.332. The molecule has 104 valence electrons. The van der Waals surface area contributed by atoms with Crippen LogP contribution in [0.25, 0.3) is 0 Å². The number of hydrogen-bond donors (Lipinski definition) is 1. The number of hydrogen-bond acceptors (Lipinski definition) is 4. The highest BCUT2D eigenvalue weighted by atomic mass is 32.2. The molecule has 0 bridgehead atoms.